The molecule has 5 rings (SSSR count). The number of hydrogen-bond acceptors (Lipinski definition) is 6. The molecule has 0 spiro atoms. The van der Waals surface area contributed by atoms with Crippen molar-refractivity contribution in [1.29, 1.82) is 0 Å². The van der Waals surface area contributed by atoms with Crippen LogP contribution in [0.5, 0.6) is 11.5 Å². The van der Waals surface area contributed by atoms with Gasteiger partial charge in [0.05, 0.1) is 19.7 Å². The summed E-state index contributed by atoms with van der Waals surface area (Å²) in [5, 5.41) is 11.5. The molecule has 10 heteroatoms. The van der Waals surface area contributed by atoms with Crippen LogP contribution < -0.4 is 14.8 Å². The summed E-state index contributed by atoms with van der Waals surface area (Å²) in [6.45, 7) is -0.0793. The number of carbonyl (C=O) groups excluding carboxylic acids is 2. The summed E-state index contributed by atoms with van der Waals surface area (Å²) in [6.07, 6.45) is 3.86. The van der Waals surface area contributed by atoms with Gasteiger partial charge < -0.3 is 19.7 Å². The van der Waals surface area contributed by atoms with Gasteiger partial charge in [0, 0.05) is 18.7 Å². The number of carbonyl (C=O) groups is 2. The minimum absolute atomic E-state index is 0.0320. The lowest BCUT2D eigenvalue weighted by Gasteiger charge is -2.33. The molecule has 1 saturated carbocycles. The zero-order valence-corrected chi connectivity index (χ0v) is 22.5. The molecule has 0 unspecified atom stereocenters. The second-order valence-corrected chi connectivity index (χ2v) is 9.92. The molecule has 0 bridgehead atoms. The van der Waals surface area contributed by atoms with Gasteiger partial charge in [-0.1, -0.05) is 42.3 Å². The predicted molar refractivity (Wildman–Crippen MR) is 147 cm³/mol. The van der Waals surface area contributed by atoms with Gasteiger partial charge in [-0.3, -0.25) is 9.59 Å². The fourth-order valence-electron chi connectivity index (χ4n) is 5.17. The van der Waals surface area contributed by atoms with E-state index in [4.69, 9.17) is 9.47 Å². The lowest BCUT2D eigenvalue weighted by Crippen LogP contribution is -2.46. The van der Waals surface area contributed by atoms with Crippen molar-refractivity contribution in [3.8, 4) is 11.5 Å². The Kier molecular flexibility index (Phi) is 8.23. The van der Waals surface area contributed by atoms with Crippen LogP contribution in [0.1, 0.15) is 42.9 Å². The smallest absolute Gasteiger partial charge is 0.247 e. The first-order valence-corrected chi connectivity index (χ1v) is 13.3. The Morgan fingerprint density at radius 1 is 1.02 bits per heavy atom. The van der Waals surface area contributed by atoms with Gasteiger partial charge in [0.2, 0.25) is 11.8 Å². The van der Waals surface area contributed by atoms with Crippen LogP contribution in [0, 0.1) is 5.82 Å². The number of amides is 2. The molecule has 0 radical (unpaired) electrons. The topological polar surface area (TPSA) is 98.6 Å². The van der Waals surface area contributed by atoms with Crippen LogP contribution in [0.15, 0.2) is 66.7 Å². The quantitative estimate of drug-likeness (QED) is 0.317. The van der Waals surface area contributed by atoms with E-state index in [1.165, 1.54) is 35.9 Å². The molecule has 0 saturated heterocycles. The second kappa shape index (κ2) is 12.1. The zero-order valence-electron chi connectivity index (χ0n) is 22.5. The number of hydrogen-bond donors (Lipinski definition) is 1. The Labute approximate surface area is 231 Å². The lowest BCUT2D eigenvalue weighted by molar-refractivity contribution is -0.142. The van der Waals surface area contributed by atoms with Crippen LogP contribution >= 0.6 is 0 Å². The summed E-state index contributed by atoms with van der Waals surface area (Å²) in [5.74, 6) is -0.0628. The van der Waals surface area contributed by atoms with E-state index in [0.29, 0.717) is 33.7 Å². The first-order chi connectivity index (χ1) is 19.4. The standard InChI is InChI=1S/C30H32FN5O4/c1-39-24-15-21(16-25(17-24)40-2)29(30(38)32-23-7-3-4-8-23)35(18-20-11-13-22(31)14-12-20)28(37)19-36-27-10-6-5-9-26(27)33-34-36/h5-6,9-17,23,29H,3-4,7-8,18-19H2,1-2H3,(H,32,38)/t29-/m0/s1. The van der Waals surface area contributed by atoms with E-state index < -0.39 is 6.04 Å². The lowest BCUT2D eigenvalue weighted by atomic mass is 10.0. The molecule has 1 atom stereocenters. The monoisotopic (exact) mass is 545 g/mol. The van der Waals surface area contributed by atoms with Crippen LogP contribution in [-0.4, -0.2) is 52.0 Å². The molecule has 1 aromatic heterocycles. The minimum atomic E-state index is -1.02. The third-order valence-electron chi connectivity index (χ3n) is 7.24. The number of ether oxygens (including phenoxy) is 2. The first kappa shape index (κ1) is 27.1. The maximum Gasteiger partial charge on any atom is 0.247 e. The predicted octanol–water partition coefficient (Wildman–Crippen LogP) is 4.42. The molecule has 0 aliphatic heterocycles. The van der Waals surface area contributed by atoms with Crippen molar-refractivity contribution in [2.45, 2.75) is 50.9 Å². The first-order valence-electron chi connectivity index (χ1n) is 13.3. The van der Waals surface area contributed by atoms with Crippen LogP contribution in [0.3, 0.4) is 0 Å². The highest BCUT2D eigenvalue weighted by molar-refractivity contribution is 5.89. The molecule has 3 aromatic carbocycles. The van der Waals surface area contributed by atoms with E-state index in [1.54, 1.807) is 30.3 Å². The van der Waals surface area contributed by atoms with Crippen molar-refractivity contribution >= 4 is 22.8 Å². The molecule has 1 fully saturated rings. The highest BCUT2D eigenvalue weighted by atomic mass is 19.1. The van der Waals surface area contributed by atoms with E-state index in [9.17, 15) is 14.0 Å². The molecule has 1 heterocycles. The number of nitrogens with zero attached hydrogens (tertiary/aromatic N) is 4. The van der Waals surface area contributed by atoms with E-state index >= 15 is 0 Å². The number of halogens is 1. The van der Waals surface area contributed by atoms with Crippen LogP contribution in [0.2, 0.25) is 0 Å². The summed E-state index contributed by atoms with van der Waals surface area (Å²) < 4.78 is 26.2. The molecule has 9 nitrogen and oxygen atoms in total. The Morgan fingerprint density at radius 2 is 1.70 bits per heavy atom. The third kappa shape index (κ3) is 6.06. The number of benzene rings is 3. The number of fused-ring (bicyclic) bond motifs is 1. The molecular formula is C30H32FN5O4. The van der Waals surface area contributed by atoms with Crippen LogP contribution in [-0.2, 0) is 22.7 Å². The maximum absolute atomic E-state index is 14.1. The van der Waals surface area contributed by atoms with Gasteiger partial charge in [0.25, 0.3) is 0 Å². The number of rotatable bonds is 10. The highest BCUT2D eigenvalue weighted by Crippen LogP contribution is 2.32. The Bertz CT molecular complexity index is 1460. The van der Waals surface area contributed by atoms with Crippen LogP contribution in [0.25, 0.3) is 11.0 Å². The van der Waals surface area contributed by atoms with Crippen LogP contribution in [0.4, 0.5) is 4.39 Å². The summed E-state index contributed by atoms with van der Waals surface area (Å²) in [4.78, 5) is 29.6. The molecule has 2 amide bonds. The number of methoxy groups -OCH3 is 2. The van der Waals surface area contributed by atoms with E-state index in [-0.39, 0.29) is 36.8 Å². The average molecular weight is 546 g/mol. The summed E-state index contributed by atoms with van der Waals surface area (Å²) in [6, 6.07) is 17.4. The van der Waals surface area contributed by atoms with Gasteiger partial charge in [-0.25, -0.2) is 9.07 Å². The summed E-state index contributed by atoms with van der Waals surface area (Å²) in [5.41, 5.74) is 2.57. The van der Waals surface area contributed by atoms with Gasteiger partial charge in [-0.05, 0) is 60.4 Å². The fraction of sp³-hybridized carbons (Fsp3) is 0.333. The summed E-state index contributed by atoms with van der Waals surface area (Å²) >= 11 is 0. The average Bonchev–Trinajstić information content (AvgIpc) is 3.63. The Morgan fingerprint density at radius 3 is 2.38 bits per heavy atom. The van der Waals surface area contributed by atoms with Gasteiger partial charge in [-0.15, -0.1) is 5.10 Å². The molecule has 1 N–H and O–H groups in total. The molecule has 40 heavy (non-hydrogen) atoms. The van der Waals surface area contributed by atoms with Gasteiger partial charge in [0.15, 0.2) is 0 Å². The normalized spacial score (nSPS) is 14.2. The van der Waals surface area contributed by atoms with Gasteiger partial charge in [0.1, 0.15) is 35.4 Å². The van der Waals surface area contributed by atoms with Crippen molar-refractivity contribution in [3.63, 3.8) is 0 Å². The van der Waals surface area contributed by atoms with Crippen molar-refractivity contribution in [3.05, 3.63) is 83.7 Å². The number of nitrogens with one attached hydrogen (secondary N) is 1. The number of para-hydroxylation sites is 1. The molecule has 4 aromatic rings. The Balaban J connectivity index is 1.57. The van der Waals surface area contributed by atoms with Crippen molar-refractivity contribution in [1.82, 2.24) is 25.2 Å². The molecular weight excluding hydrogens is 513 g/mol. The van der Waals surface area contributed by atoms with E-state index in [2.05, 4.69) is 15.6 Å². The van der Waals surface area contributed by atoms with Crippen molar-refractivity contribution in [2.75, 3.05) is 14.2 Å². The number of aromatic nitrogens is 3. The fourth-order valence-corrected chi connectivity index (χ4v) is 5.17. The molecule has 1 aliphatic carbocycles. The van der Waals surface area contributed by atoms with E-state index in [0.717, 1.165) is 25.7 Å². The van der Waals surface area contributed by atoms with Gasteiger partial charge >= 0.3 is 0 Å². The maximum atomic E-state index is 14.1. The third-order valence-corrected chi connectivity index (χ3v) is 7.24. The van der Waals surface area contributed by atoms with Crippen molar-refractivity contribution in [2.24, 2.45) is 0 Å². The molecule has 208 valence electrons. The zero-order chi connectivity index (χ0) is 28.1. The summed E-state index contributed by atoms with van der Waals surface area (Å²) in [7, 11) is 3.06. The molecule has 1 aliphatic rings. The highest BCUT2D eigenvalue weighted by Gasteiger charge is 2.34. The largest absolute Gasteiger partial charge is 0.497 e. The SMILES string of the molecule is COc1cc(OC)cc([C@@H](C(=O)NC2CCCC2)N(Cc2ccc(F)cc2)C(=O)Cn2nnc3ccccc32)c1. The second-order valence-electron chi connectivity index (χ2n) is 9.92. The van der Waals surface area contributed by atoms with E-state index in [1.807, 2.05) is 24.3 Å². The van der Waals surface area contributed by atoms with Gasteiger partial charge in [-0.2, -0.15) is 0 Å². The van der Waals surface area contributed by atoms with Crippen molar-refractivity contribution < 1.29 is 23.5 Å². The minimum Gasteiger partial charge on any atom is -0.497 e. The Hall–Kier alpha value is -4.47.